The van der Waals surface area contributed by atoms with Gasteiger partial charge in [-0.05, 0) is 55.0 Å². The molecule has 0 aliphatic heterocycles. The van der Waals surface area contributed by atoms with Crippen molar-refractivity contribution in [3.63, 3.8) is 0 Å². The monoisotopic (exact) mass is 413 g/mol. The molecule has 0 bridgehead atoms. The van der Waals surface area contributed by atoms with E-state index in [-0.39, 0.29) is 5.91 Å². The van der Waals surface area contributed by atoms with E-state index in [2.05, 4.69) is 26.1 Å². The summed E-state index contributed by atoms with van der Waals surface area (Å²) in [5.41, 5.74) is 10.2. The normalized spacial score (nSPS) is 10.4. The zero-order valence-electron chi connectivity index (χ0n) is 16.2. The van der Waals surface area contributed by atoms with Gasteiger partial charge < -0.3 is 5.32 Å². The van der Waals surface area contributed by atoms with Gasteiger partial charge in [0.1, 0.15) is 0 Å². The third-order valence-corrected chi connectivity index (χ3v) is 4.82. The lowest BCUT2D eigenvalue weighted by atomic mass is 10.0. The van der Waals surface area contributed by atoms with E-state index in [1.807, 2.05) is 67.6 Å². The lowest BCUT2D eigenvalue weighted by Crippen LogP contribution is -2.43. The Morgan fingerprint density at radius 1 is 0.933 bits per heavy atom. The van der Waals surface area contributed by atoms with Gasteiger partial charge in [0.05, 0.1) is 16.8 Å². The van der Waals surface area contributed by atoms with Crippen LogP contribution in [0.1, 0.15) is 15.9 Å². The minimum absolute atomic E-state index is 0.297. The van der Waals surface area contributed by atoms with Gasteiger partial charge in [-0.1, -0.05) is 36.4 Å². The number of hydrogen-bond acceptors (Lipinski definition) is 4. The number of fused-ring (bicyclic) bond motifs is 1. The molecule has 0 aliphatic rings. The number of benzene rings is 2. The second kappa shape index (κ2) is 8.67. The van der Waals surface area contributed by atoms with E-state index in [4.69, 9.17) is 12.2 Å². The molecule has 0 saturated heterocycles. The van der Waals surface area contributed by atoms with Gasteiger partial charge in [-0.15, -0.1) is 0 Å². The zero-order valence-corrected chi connectivity index (χ0v) is 17.0. The maximum Gasteiger partial charge on any atom is 0.270 e. The van der Waals surface area contributed by atoms with E-state index in [0.717, 1.165) is 27.7 Å². The van der Waals surface area contributed by atoms with Crippen molar-refractivity contribution in [2.45, 2.75) is 6.92 Å². The van der Waals surface area contributed by atoms with Gasteiger partial charge in [-0.2, -0.15) is 0 Å². The Hall–Kier alpha value is -3.84. The Labute approximate surface area is 179 Å². The Bertz CT molecular complexity index is 1230. The summed E-state index contributed by atoms with van der Waals surface area (Å²) in [5.74, 6) is -0.308. The molecule has 4 aromatic rings. The highest BCUT2D eigenvalue weighted by Crippen LogP contribution is 2.24. The highest BCUT2D eigenvalue weighted by atomic mass is 32.1. The van der Waals surface area contributed by atoms with Crippen molar-refractivity contribution < 1.29 is 4.79 Å². The second-order valence-corrected chi connectivity index (χ2v) is 7.06. The summed E-state index contributed by atoms with van der Waals surface area (Å²) in [6, 6.07) is 20.8. The highest BCUT2D eigenvalue weighted by Gasteiger charge is 2.14. The molecule has 2 aromatic heterocycles. The molecule has 0 saturated carbocycles. The van der Waals surface area contributed by atoms with Gasteiger partial charge in [-0.3, -0.25) is 20.6 Å². The molecule has 2 heterocycles. The van der Waals surface area contributed by atoms with Gasteiger partial charge in [-0.25, -0.2) is 4.98 Å². The van der Waals surface area contributed by atoms with Crippen molar-refractivity contribution in [1.29, 1.82) is 0 Å². The van der Waals surface area contributed by atoms with E-state index in [1.165, 1.54) is 0 Å². The molecule has 0 spiro atoms. The fourth-order valence-electron chi connectivity index (χ4n) is 3.08. The first-order chi connectivity index (χ1) is 14.6. The van der Waals surface area contributed by atoms with Gasteiger partial charge in [0.15, 0.2) is 5.11 Å². The smallest absolute Gasteiger partial charge is 0.270 e. The summed E-state index contributed by atoms with van der Waals surface area (Å²) in [6.07, 6.45) is 3.40. The Balaban J connectivity index is 1.57. The van der Waals surface area contributed by atoms with Crippen LogP contribution >= 0.6 is 12.2 Å². The van der Waals surface area contributed by atoms with Crippen LogP contribution in [0.25, 0.3) is 22.2 Å². The van der Waals surface area contributed by atoms with Gasteiger partial charge in [0.25, 0.3) is 5.91 Å². The van der Waals surface area contributed by atoms with E-state index < -0.39 is 0 Å². The second-order valence-electron chi connectivity index (χ2n) is 6.66. The standard InChI is InChI=1S/C23H19N5OS/c1-15-6-2-4-8-19(15)26-23(30)28-27-22(29)18-14-21(16-10-12-24-13-11-16)25-20-9-5-3-7-17(18)20/h2-14H,1H3,(H,27,29)(H2,26,28,30). The quantitative estimate of drug-likeness (QED) is 0.344. The number of nitrogens with zero attached hydrogens (tertiary/aromatic N) is 2. The molecule has 6 nitrogen and oxygen atoms in total. The number of aryl methyl sites for hydroxylation is 1. The van der Waals surface area contributed by atoms with Gasteiger partial charge in [0.2, 0.25) is 0 Å². The van der Waals surface area contributed by atoms with Crippen LogP contribution in [0.15, 0.2) is 79.1 Å². The minimum Gasteiger partial charge on any atom is -0.331 e. The number of hydrogen-bond donors (Lipinski definition) is 3. The molecule has 0 radical (unpaired) electrons. The molecule has 0 atom stereocenters. The summed E-state index contributed by atoms with van der Waals surface area (Å²) in [4.78, 5) is 21.7. The van der Waals surface area contributed by atoms with E-state index in [0.29, 0.717) is 16.4 Å². The van der Waals surface area contributed by atoms with Crippen LogP contribution in [0.5, 0.6) is 0 Å². The number of para-hydroxylation sites is 2. The molecule has 0 fully saturated rings. The lowest BCUT2D eigenvalue weighted by molar-refractivity contribution is 0.0946. The van der Waals surface area contributed by atoms with Crippen LogP contribution < -0.4 is 16.2 Å². The van der Waals surface area contributed by atoms with E-state index in [9.17, 15) is 4.79 Å². The van der Waals surface area contributed by atoms with Crippen molar-refractivity contribution in [3.05, 3.63) is 90.3 Å². The third-order valence-electron chi connectivity index (χ3n) is 4.62. The highest BCUT2D eigenvalue weighted by molar-refractivity contribution is 7.80. The average Bonchev–Trinajstić information content (AvgIpc) is 2.79. The van der Waals surface area contributed by atoms with Crippen LogP contribution in [-0.2, 0) is 0 Å². The number of carbonyl (C=O) groups is 1. The number of pyridine rings is 2. The molecule has 0 unspecified atom stereocenters. The molecule has 2 aromatic carbocycles. The lowest BCUT2D eigenvalue weighted by Gasteiger charge is -2.14. The number of rotatable bonds is 3. The zero-order chi connectivity index (χ0) is 20.9. The van der Waals surface area contributed by atoms with Crippen LogP contribution in [0.4, 0.5) is 5.69 Å². The summed E-state index contributed by atoms with van der Waals surface area (Å²) < 4.78 is 0. The predicted molar refractivity (Wildman–Crippen MR) is 123 cm³/mol. The molecular formula is C23H19N5OS. The topological polar surface area (TPSA) is 78.9 Å². The fourth-order valence-corrected chi connectivity index (χ4v) is 3.24. The number of hydrazine groups is 1. The van der Waals surface area contributed by atoms with Crippen molar-refractivity contribution in [1.82, 2.24) is 20.8 Å². The predicted octanol–water partition coefficient (Wildman–Crippen LogP) is 4.24. The number of nitrogens with one attached hydrogen (secondary N) is 3. The molecule has 0 aliphatic carbocycles. The number of carbonyl (C=O) groups excluding carboxylic acids is 1. The van der Waals surface area contributed by atoms with Crippen LogP contribution in [0.2, 0.25) is 0 Å². The SMILES string of the molecule is Cc1ccccc1NC(=S)NNC(=O)c1cc(-c2ccncc2)nc2ccccc12. The summed E-state index contributed by atoms with van der Waals surface area (Å²) in [6.45, 7) is 1.98. The average molecular weight is 414 g/mol. The number of aromatic nitrogens is 2. The molecule has 148 valence electrons. The van der Waals surface area contributed by atoms with Crippen molar-refractivity contribution in [2.75, 3.05) is 5.32 Å². The first-order valence-electron chi connectivity index (χ1n) is 9.35. The largest absolute Gasteiger partial charge is 0.331 e. The van der Waals surface area contributed by atoms with Crippen molar-refractivity contribution >= 4 is 39.8 Å². The first-order valence-corrected chi connectivity index (χ1v) is 9.76. The third kappa shape index (κ3) is 4.26. The van der Waals surface area contributed by atoms with Gasteiger partial charge in [0, 0.05) is 29.0 Å². The summed E-state index contributed by atoms with van der Waals surface area (Å²) >= 11 is 5.31. The van der Waals surface area contributed by atoms with E-state index >= 15 is 0 Å². The summed E-state index contributed by atoms with van der Waals surface area (Å²) in [7, 11) is 0. The first kappa shape index (κ1) is 19.5. The maximum absolute atomic E-state index is 13.0. The van der Waals surface area contributed by atoms with Gasteiger partial charge >= 0.3 is 0 Å². The molecular weight excluding hydrogens is 394 g/mol. The molecule has 4 rings (SSSR count). The van der Waals surface area contributed by atoms with E-state index in [1.54, 1.807) is 18.5 Å². The Kier molecular flexibility index (Phi) is 5.63. The number of amides is 1. The van der Waals surface area contributed by atoms with Crippen molar-refractivity contribution in [3.8, 4) is 11.3 Å². The molecule has 3 N–H and O–H groups in total. The Morgan fingerprint density at radius 3 is 2.47 bits per heavy atom. The maximum atomic E-state index is 13.0. The summed E-state index contributed by atoms with van der Waals surface area (Å²) in [5, 5.41) is 4.13. The molecule has 30 heavy (non-hydrogen) atoms. The van der Waals surface area contributed by atoms with Crippen LogP contribution in [-0.4, -0.2) is 21.0 Å². The van der Waals surface area contributed by atoms with Crippen LogP contribution in [0.3, 0.4) is 0 Å². The number of thiocarbonyl (C=S) groups is 1. The minimum atomic E-state index is -0.308. The van der Waals surface area contributed by atoms with Crippen molar-refractivity contribution in [2.24, 2.45) is 0 Å². The fraction of sp³-hybridized carbons (Fsp3) is 0.0435. The molecule has 1 amide bonds. The molecule has 7 heteroatoms. The van der Waals surface area contributed by atoms with Crippen LogP contribution in [0, 0.1) is 6.92 Å². The Morgan fingerprint density at radius 2 is 1.67 bits per heavy atom. The number of anilines is 1.